The molecule has 0 heterocycles. The summed E-state index contributed by atoms with van der Waals surface area (Å²) in [6, 6.07) is 8.30. The number of benzene rings is 1. The number of hydrogen-bond donors (Lipinski definition) is 1. The largest absolute Gasteiger partial charge is 0.387 e. The number of aliphatic hydroxyl groups is 1. The minimum absolute atomic E-state index is 0.235. The van der Waals surface area contributed by atoms with Gasteiger partial charge in [-0.3, -0.25) is 4.79 Å². The van der Waals surface area contributed by atoms with Crippen molar-refractivity contribution in [2.45, 2.75) is 11.3 Å². The lowest BCUT2D eigenvalue weighted by molar-refractivity contribution is -0.132. The van der Waals surface area contributed by atoms with Gasteiger partial charge in [-0.2, -0.15) is 0 Å². The van der Waals surface area contributed by atoms with Crippen LogP contribution in [0.5, 0.6) is 0 Å². The highest BCUT2D eigenvalue weighted by molar-refractivity contribution is 7.98. The summed E-state index contributed by atoms with van der Waals surface area (Å²) in [5, 5.41) is 8.68. The molecule has 0 spiro atoms. The first kappa shape index (κ1) is 13.1. The van der Waals surface area contributed by atoms with Crippen LogP contribution in [0.1, 0.15) is 5.56 Å². The maximum Gasteiger partial charge on any atom is 0.248 e. The maximum absolute atomic E-state index is 11.1. The van der Waals surface area contributed by atoms with Crippen LogP contribution in [0.4, 0.5) is 0 Å². The quantitative estimate of drug-likeness (QED) is 0.790. The first-order valence-electron chi connectivity index (χ1n) is 5.15. The van der Waals surface area contributed by atoms with Gasteiger partial charge in [-0.1, -0.05) is 12.1 Å². The van der Waals surface area contributed by atoms with Gasteiger partial charge in [0.05, 0.1) is 0 Å². The molecule has 3 nitrogen and oxygen atoms in total. The summed E-state index contributed by atoms with van der Waals surface area (Å²) in [4.78, 5) is 13.9. The van der Waals surface area contributed by atoms with Gasteiger partial charge in [0, 0.05) is 18.5 Å². The number of amides is 1. The fourth-order valence-corrected chi connectivity index (χ4v) is 1.74. The molecule has 0 aromatic heterocycles. The van der Waals surface area contributed by atoms with E-state index in [0.29, 0.717) is 6.54 Å². The van der Waals surface area contributed by atoms with Crippen LogP contribution < -0.4 is 0 Å². The van der Waals surface area contributed by atoms with E-state index in [1.54, 1.807) is 23.7 Å². The molecule has 0 saturated heterocycles. The maximum atomic E-state index is 11.1. The molecule has 1 aromatic rings. The van der Waals surface area contributed by atoms with Crippen molar-refractivity contribution in [1.82, 2.24) is 4.90 Å². The molecule has 1 aromatic carbocycles. The molecular formula is C12H17NO2S. The monoisotopic (exact) mass is 239 g/mol. The van der Waals surface area contributed by atoms with Crippen molar-refractivity contribution in [2.24, 2.45) is 0 Å². The highest BCUT2D eigenvalue weighted by atomic mass is 32.2. The Balaban J connectivity index is 2.45. The minimum atomic E-state index is -0.415. The molecule has 16 heavy (non-hydrogen) atoms. The van der Waals surface area contributed by atoms with Gasteiger partial charge >= 0.3 is 0 Å². The van der Waals surface area contributed by atoms with Gasteiger partial charge in [-0.25, -0.2) is 0 Å². The molecule has 0 atom stereocenters. The molecule has 0 radical (unpaired) electrons. The number of nitrogens with zero attached hydrogens (tertiary/aromatic N) is 1. The van der Waals surface area contributed by atoms with Crippen LogP contribution in [0.25, 0.3) is 0 Å². The topological polar surface area (TPSA) is 40.5 Å². The Morgan fingerprint density at radius 3 is 2.50 bits per heavy atom. The molecule has 0 aliphatic carbocycles. The molecule has 0 bridgehead atoms. The highest BCUT2D eigenvalue weighted by Crippen LogP contribution is 2.15. The third kappa shape index (κ3) is 3.87. The third-order valence-corrected chi connectivity index (χ3v) is 3.20. The first-order chi connectivity index (χ1) is 7.67. The fraction of sp³-hybridized carbons (Fsp3) is 0.417. The summed E-state index contributed by atoms with van der Waals surface area (Å²) in [6.45, 7) is 0.222. The van der Waals surface area contributed by atoms with E-state index in [0.717, 1.165) is 6.42 Å². The highest BCUT2D eigenvalue weighted by Gasteiger charge is 2.06. The van der Waals surface area contributed by atoms with Crippen molar-refractivity contribution < 1.29 is 9.90 Å². The first-order valence-corrected chi connectivity index (χ1v) is 6.37. The van der Waals surface area contributed by atoms with E-state index in [1.165, 1.54) is 10.5 Å². The summed E-state index contributed by atoms with van der Waals surface area (Å²) >= 11 is 1.71. The Bertz CT molecular complexity index is 337. The molecule has 1 amide bonds. The average molecular weight is 239 g/mol. The molecule has 88 valence electrons. The van der Waals surface area contributed by atoms with Gasteiger partial charge in [0.15, 0.2) is 0 Å². The van der Waals surface area contributed by atoms with Gasteiger partial charge in [-0.05, 0) is 30.4 Å². The van der Waals surface area contributed by atoms with E-state index in [2.05, 4.69) is 24.3 Å². The van der Waals surface area contributed by atoms with Gasteiger partial charge < -0.3 is 10.0 Å². The lowest BCUT2D eigenvalue weighted by Crippen LogP contribution is -2.31. The van der Waals surface area contributed by atoms with E-state index in [1.807, 2.05) is 6.26 Å². The standard InChI is InChI=1S/C12H17NO2S/c1-13(12(15)9-14)8-7-10-3-5-11(16-2)6-4-10/h3-6,14H,7-9H2,1-2H3. The van der Waals surface area contributed by atoms with E-state index >= 15 is 0 Å². The molecule has 0 fully saturated rings. The second kappa shape index (κ2) is 6.55. The Hall–Kier alpha value is -1.00. The van der Waals surface area contributed by atoms with Crippen molar-refractivity contribution in [3.63, 3.8) is 0 Å². The van der Waals surface area contributed by atoms with Gasteiger partial charge in [0.25, 0.3) is 0 Å². The molecule has 4 heteroatoms. The third-order valence-electron chi connectivity index (χ3n) is 2.46. The van der Waals surface area contributed by atoms with Crippen LogP contribution in [0.2, 0.25) is 0 Å². The zero-order valence-electron chi connectivity index (χ0n) is 9.64. The number of rotatable bonds is 5. The number of aliphatic hydroxyl groups excluding tert-OH is 1. The molecule has 1 N–H and O–H groups in total. The second-order valence-corrected chi connectivity index (χ2v) is 4.45. The summed E-state index contributed by atoms with van der Waals surface area (Å²) in [7, 11) is 1.70. The number of carbonyl (C=O) groups excluding carboxylic acids is 1. The number of hydrogen-bond acceptors (Lipinski definition) is 3. The number of carbonyl (C=O) groups is 1. The predicted molar refractivity (Wildman–Crippen MR) is 66.6 cm³/mol. The van der Waals surface area contributed by atoms with Crippen molar-refractivity contribution in [3.05, 3.63) is 29.8 Å². The van der Waals surface area contributed by atoms with Crippen LogP contribution in [0.3, 0.4) is 0 Å². The zero-order chi connectivity index (χ0) is 12.0. The van der Waals surface area contributed by atoms with Crippen molar-refractivity contribution in [3.8, 4) is 0 Å². The van der Waals surface area contributed by atoms with Crippen LogP contribution in [0.15, 0.2) is 29.2 Å². The zero-order valence-corrected chi connectivity index (χ0v) is 10.5. The van der Waals surface area contributed by atoms with Crippen LogP contribution in [0, 0.1) is 0 Å². The van der Waals surface area contributed by atoms with Crippen LogP contribution >= 0.6 is 11.8 Å². The summed E-state index contributed by atoms with van der Waals surface area (Å²) in [5.41, 5.74) is 1.20. The normalized spacial score (nSPS) is 10.2. The Morgan fingerprint density at radius 1 is 1.38 bits per heavy atom. The van der Waals surface area contributed by atoms with Crippen molar-refractivity contribution in [1.29, 1.82) is 0 Å². The molecule has 0 aliphatic heterocycles. The summed E-state index contributed by atoms with van der Waals surface area (Å²) in [5.74, 6) is -0.235. The SMILES string of the molecule is CSc1ccc(CCN(C)C(=O)CO)cc1. The smallest absolute Gasteiger partial charge is 0.248 e. The lowest BCUT2D eigenvalue weighted by Gasteiger charge is -2.15. The van der Waals surface area contributed by atoms with Crippen LogP contribution in [-0.4, -0.2) is 42.4 Å². The number of likely N-dealkylation sites (N-methyl/N-ethyl adjacent to an activating group) is 1. The fourth-order valence-electron chi connectivity index (χ4n) is 1.33. The van der Waals surface area contributed by atoms with Gasteiger partial charge in [-0.15, -0.1) is 11.8 Å². The van der Waals surface area contributed by atoms with Gasteiger partial charge in [0.1, 0.15) is 6.61 Å². The molecule has 1 rings (SSSR count). The van der Waals surface area contributed by atoms with E-state index in [-0.39, 0.29) is 5.91 Å². The van der Waals surface area contributed by atoms with E-state index < -0.39 is 6.61 Å². The Morgan fingerprint density at radius 2 is 2.00 bits per heavy atom. The van der Waals surface area contributed by atoms with Gasteiger partial charge in [0.2, 0.25) is 5.91 Å². The van der Waals surface area contributed by atoms with E-state index in [9.17, 15) is 4.79 Å². The second-order valence-electron chi connectivity index (χ2n) is 3.57. The lowest BCUT2D eigenvalue weighted by atomic mass is 10.1. The molecular weight excluding hydrogens is 222 g/mol. The summed E-state index contributed by atoms with van der Waals surface area (Å²) in [6.07, 6.45) is 2.86. The summed E-state index contributed by atoms with van der Waals surface area (Å²) < 4.78 is 0. The van der Waals surface area contributed by atoms with Crippen molar-refractivity contribution in [2.75, 3.05) is 26.5 Å². The molecule has 0 unspecified atom stereocenters. The Kier molecular flexibility index (Phi) is 5.35. The van der Waals surface area contributed by atoms with E-state index in [4.69, 9.17) is 5.11 Å². The minimum Gasteiger partial charge on any atom is -0.387 e. The molecule has 0 aliphatic rings. The predicted octanol–water partition coefficient (Wildman–Crippen LogP) is 1.40. The van der Waals surface area contributed by atoms with Crippen molar-refractivity contribution >= 4 is 17.7 Å². The Labute approximate surface area is 100 Å². The number of thioether (sulfide) groups is 1. The molecule has 0 saturated carbocycles. The average Bonchev–Trinajstić information content (AvgIpc) is 2.35. The van der Waals surface area contributed by atoms with Crippen LogP contribution in [-0.2, 0) is 11.2 Å².